The first-order chi connectivity index (χ1) is 9.70. The summed E-state index contributed by atoms with van der Waals surface area (Å²) in [6, 6.07) is 0.469. The van der Waals surface area contributed by atoms with Crippen LogP contribution in [0.3, 0.4) is 0 Å². The van der Waals surface area contributed by atoms with E-state index in [1.54, 1.807) is 0 Å². The zero-order chi connectivity index (χ0) is 14.4. The number of ether oxygens (including phenoxy) is 2. The summed E-state index contributed by atoms with van der Waals surface area (Å²) in [4.78, 5) is 11.3. The maximum absolute atomic E-state index is 11.3. The molecule has 2 rings (SSSR count). The van der Waals surface area contributed by atoms with Gasteiger partial charge in [0.25, 0.3) is 0 Å². The van der Waals surface area contributed by atoms with Crippen molar-refractivity contribution in [1.82, 2.24) is 10.6 Å². The van der Waals surface area contributed by atoms with Crippen LogP contribution >= 0.6 is 0 Å². The second kappa shape index (κ2) is 7.93. The van der Waals surface area contributed by atoms with Crippen LogP contribution in [0, 0.1) is 0 Å². The number of aliphatic hydroxyl groups is 1. The Labute approximate surface area is 120 Å². The third kappa shape index (κ3) is 4.41. The van der Waals surface area contributed by atoms with E-state index in [2.05, 4.69) is 10.6 Å². The summed E-state index contributed by atoms with van der Waals surface area (Å²) in [6.45, 7) is 0.862. The Morgan fingerprint density at radius 1 is 1.35 bits per heavy atom. The van der Waals surface area contributed by atoms with E-state index in [0.717, 1.165) is 0 Å². The summed E-state index contributed by atoms with van der Waals surface area (Å²) in [7, 11) is 1.48. The van der Waals surface area contributed by atoms with Gasteiger partial charge in [0.1, 0.15) is 12.7 Å². The first kappa shape index (κ1) is 15.7. The molecule has 6 heteroatoms. The standard InChI is InChI=1S/C14H26N2O4/c1-19-9-13(17)15-7-12-14(18)11(8-20-12)16-10-5-3-2-4-6-10/h10-12,14,16,18H,2-9H2,1H3,(H,15,17). The molecule has 0 radical (unpaired) electrons. The Kier molecular flexibility index (Phi) is 6.22. The number of rotatable bonds is 6. The van der Waals surface area contributed by atoms with Crippen molar-refractivity contribution in [3.63, 3.8) is 0 Å². The molecule has 3 atom stereocenters. The molecule has 6 nitrogen and oxygen atoms in total. The fourth-order valence-electron chi connectivity index (χ4n) is 2.98. The SMILES string of the molecule is COCC(=O)NCC1OCC(NC2CCCCC2)C1O. The van der Waals surface area contributed by atoms with Gasteiger partial charge in [-0.15, -0.1) is 0 Å². The summed E-state index contributed by atoms with van der Waals surface area (Å²) in [6.07, 6.45) is 5.29. The number of carbonyl (C=O) groups excluding carboxylic acids is 1. The fourth-order valence-corrected chi connectivity index (χ4v) is 2.98. The molecule has 116 valence electrons. The van der Waals surface area contributed by atoms with Crippen molar-refractivity contribution >= 4 is 5.91 Å². The maximum Gasteiger partial charge on any atom is 0.246 e. The fraction of sp³-hybridized carbons (Fsp3) is 0.929. The lowest BCUT2D eigenvalue weighted by atomic mass is 9.94. The van der Waals surface area contributed by atoms with Crippen LogP contribution in [0.1, 0.15) is 32.1 Å². The van der Waals surface area contributed by atoms with Crippen LogP contribution in [-0.2, 0) is 14.3 Å². The number of amides is 1. The number of methoxy groups -OCH3 is 1. The molecule has 2 aliphatic rings. The average molecular weight is 286 g/mol. The zero-order valence-corrected chi connectivity index (χ0v) is 12.1. The molecule has 1 aliphatic heterocycles. The third-order valence-corrected chi connectivity index (χ3v) is 4.11. The summed E-state index contributed by atoms with van der Waals surface area (Å²) in [5, 5.41) is 16.5. The van der Waals surface area contributed by atoms with E-state index in [4.69, 9.17) is 9.47 Å². The second-order valence-corrected chi connectivity index (χ2v) is 5.71. The monoisotopic (exact) mass is 286 g/mol. The predicted molar refractivity (Wildman–Crippen MR) is 74.4 cm³/mol. The molecule has 20 heavy (non-hydrogen) atoms. The number of hydrogen-bond acceptors (Lipinski definition) is 5. The third-order valence-electron chi connectivity index (χ3n) is 4.11. The minimum absolute atomic E-state index is 0.0255. The summed E-state index contributed by atoms with van der Waals surface area (Å²) < 4.78 is 10.3. The van der Waals surface area contributed by atoms with Gasteiger partial charge in [0.05, 0.1) is 18.8 Å². The van der Waals surface area contributed by atoms with Crippen molar-refractivity contribution in [2.45, 2.75) is 56.4 Å². The number of hydrogen-bond donors (Lipinski definition) is 3. The van der Waals surface area contributed by atoms with E-state index in [9.17, 15) is 9.90 Å². The van der Waals surface area contributed by atoms with E-state index < -0.39 is 6.10 Å². The maximum atomic E-state index is 11.3. The summed E-state index contributed by atoms with van der Waals surface area (Å²) in [5.74, 6) is -0.188. The average Bonchev–Trinajstić information content (AvgIpc) is 2.79. The van der Waals surface area contributed by atoms with Crippen LogP contribution < -0.4 is 10.6 Å². The lowest BCUT2D eigenvalue weighted by Gasteiger charge is -2.27. The van der Waals surface area contributed by atoms with E-state index in [1.165, 1.54) is 39.2 Å². The van der Waals surface area contributed by atoms with Gasteiger partial charge in [0.2, 0.25) is 5.91 Å². The van der Waals surface area contributed by atoms with Gasteiger partial charge < -0.3 is 25.2 Å². The molecule has 1 heterocycles. The van der Waals surface area contributed by atoms with Crippen LogP contribution in [0.4, 0.5) is 0 Å². The normalized spacial score (nSPS) is 31.4. The van der Waals surface area contributed by atoms with Gasteiger partial charge >= 0.3 is 0 Å². The molecule has 1 aliphatic carbocycles. The molecule has 3 unspecified atom stereocenters. The summed E-state index contributed by atoms with van der Waals surface area (Å²) in [5.41, 5.74) is 0. The molecule has 0 spiro atoms. The van der Waals surface area contributed by atoms with E-state index >= 15 is 0 Å². The first-order valence-electron chi connectivity index (χ1n) is 7.52. The lowest BCUT2D eigenvalue weighted by Crippen LogP contribution is -2.48. The van der Waals surface area contributed by atoms with Crippen LogP contribution in [0.15, 0.2) is 0 Å². The highest BCUT2D eigenvalue weighted by atomic mass is 16.5. The molecule has 0 aromatic rings. The molecular formula is C14H26N2O4. The molecule has 1 saturated carbocycles. The van der Waals surface area contributed by atoms with Crippen molar-refractivity contribution in [3.05, 3.63) is 0 Å². The minimum Gasteiger partial charge on any atom is -0.389 e. The quantitative estimate of drug-likeness (QED) is 0.630. The van der Waals surface area contributed by atoms with Gasteiger partial charge in [-0.1, -0.05) is 19.3 Å². The van der Waals surface area contributed by atoms with Crippen LogP contribution in [0.25, 0.3) is 0 Å². The Hall–Kier alpha value is -0.690. The molecule has 2 fully saturated rings. The number of aliphatic hydroxyl groups excluding tert-OH is 1. The van der Waals surface area contributed by atoms with Gasteiger partial charge in [0.15, 0.2) is 0 Å². The Morgan fingerprint density at radius 3 is 2.80 bits per heavy atom. The molecule has 1 amide bonds. The molecule has 0 aromatic heterocycles. The molecule has 3 N–H and O–H groups in total. The van der Waals surface area contributed by atoms with Gasteiger partial charge in [0, 0.05) is 19.7 Å². The lowest BCUT2D eigenvalue weighted by molar-refractivity contribution is -0.125. The van der Waals surface area contributed by atoms with Crippen molar-refractivity contribution in [3.8, 4) is 0 Å². The Bertz CT molecular complexity index is 308. The zero-order valence-electron chi connectivity index (χ0n) is 12.1. The van der Waals surface area contributed by atoms with Crippen LogP contribution in [-0.4, -0.2) is 62.2 Å². The minimum atomic E-state index is -0.570. The second-order valence-electron chi connectivity index (χ2n) is 5.71. The molecule has 1 saturated heterocycles. The molecule has 0 aromatic carbocycles. The Balaban J connectivity index is 1.71. The van der Waals surface area contributed by atoms with Crippen LogP contribution in [0.5, 0.6) is 0 Å². The smallest absolute Gasteiger partial charge is 0.246 e. The largest absolute Gasteiger partial charge is 0.389 e. The van der Waals surface area contributed by atoms with Gasteiger partial charge in [-0.25, -0.2) is 0 Å². The van der Waals surface area contributed by atoms with Gasteiger partial charge in [-0.3, -0.25) is 4.79 Å². The van der Waals surface area contributed by atoms with E-state index in [1.807, 2.05) is 0 Å². The first-order valence-corrected chi connectivity index (χ1v) is 7.52. The van der Waals surface area contributed by atoms with Crippen LogP contribution in [0.2, 0.25) is 0 Å². The molecular weight excluding hydrogens is 260 g/mol. The highest BCUT2D eigenvalue weighted by Gasteiger charge is 2.36. The van der Waals surface area contributed by atoms with Gasteiger partial charge in [-0.2, -0.15) is 0 Å². The predicted octanol–water partition coefficient (Wildman–Crippen LogP) is -0.200. The highest BCUT2D eigenvalue weighted by molar-refractivity contribution is 5.77. The van der Waals surface area contributed by atoms with E-state index in [-0.39, 0.29) is 24.7 Å². The Morgan fingerprint density at radius 2 is 2.10 bits per heavy atom. The number of nitrogens with one attached hydrogen (secondary N) is 2. The van der Waals surface area contributed by atoms with Crippen molar-refractivity contribution in [2.75, 3.05) is 26.9 Å². The summed E-state index contributed by atoms with van der Waals surface area (Å²) >= 11 is 0. The van der Waals surface area contributed by atoms with Crippen molar-refractivity contribution in [1.29, 1.82) is 0 Å². The topological polar surface area (TPSA) is 79.8 Å². The number of carbonyl (C=O) groups is 1. The van der Waals surface area contributed by atoms with Gasteiger partial charge in [-0.05, 0) is 12.8 Å². The van der Waals surface area contributed by atoms with E-state index in [0.29, 0.717) is 19.2 Å². The van der Waals surface area contributed by atoms with Crippen molar-refractivity contribution in [2.24, 2.45) is 0 Å². The molecule has 0 bridgehead atoms. The van der Waals surface area contributed by atoms with Crippen molar-refractivity contribution < 1.29 is 19.4 Å². The highest BCUT2D eigenvalue weighted by Crippen LogP contribution is 2.21.